The quantitative estimate of drug-likeness (QED) is 0.829. The Hall–Kier alpha value is -1.32. The Balaban J connectivity index is 1.91. The van der Waals surface area contributed by atoms with Gasteiger partial charge in [0.1, 0.15) is 0 Å². The summed E-state index contributed by atoms with van der Waals surface area (Å²) in [6.07, 6.45) is 3.93. The molecule has 0 radical (unpaired) electrons. The van der Waals surface area contributed by atoms with Crippen LogP contribution in [0.5, 0.6) is 0 Å². The molecule has 1 aromatic heterocycles. The lowest BCUT2D eigenvalue weighted by atomic mass is 10.2. The number of benzene rings is 1. The van der Waals surface area contributed by atoms with Crippen molar-refractivity contribution in [3.8, 4) is 0 Å². The van der Waals surface area contributed by atoms with E-state index in [1.165, 1.54) is 10.5 Å². The van der Waals surface area contributed by atoms with E-state index in [1.807, 2.05) is 18.3 Å². The number of nitrogens with zero attached hydrogens (tertiary/aromatic N) is 1. The van der Waals surface area contributed by atoms with Crippen LogP contribution >= 0.6 is 11.8 Å². The Labute approximate surface area is 113 Å². The maximum atomic E-state index is 4.35. The van der Waals surface area contributed by atoms with E-state index >= 15 is 0 Å². The maximum absolute atomic E-state index is 4.35. The second kappa shape index (κ2) is 6.57. The first-order valence-electron chi connectivity index (χ1n) is 6.07. The highest BCUT2D eigenvalue weighted by Gasteiger charge is 2.04. The van der Waals surface area contributed by atoms with Crippen molar-refractivity contribution in [3.63, 3.8) is 0 Å². The average Bonchev–Trinajstić information content (AvgIpc) is 2.46. The predicted molar refractivity (Wildman–Crippen MR) is 77.7 cm³/mol. The minimum Gasteiger partial charge on any atom is -0.305 e. The maximum Gasteiger partial charge on any atom is 0.0570 e. The largest absolute Gasteiger partial charge is 0.305 e. The molecule has 1 N–H and O–H groups in total. The fourth-order valence-electron chi connectivity index (χ4n) is 1.75. The summed E-state index contributed by atoms with van der Waals surface area (Å²) in [5.74, 6) is 0. The monoisotopic (exact) mass is 258 g/mol. The molecule has 1 atom stereocenters. The van der Waals surface area contributed by atoms with Gasteiger partial charge in [0.2, 0.25) is 0 Å². The highest BCUT2D eigenvalue weighted by atomic mass is 32.2. The molecule has 0 aliphatic rings. The van der Waals surface area contributed by atoms with E-state index in [1.54, 1.807) is 11.8 Å². The minimum absolute atomic E-state index is 0.270. The topological polar surface area (TPSA) is 24.9 Å². The molecular weight excluding hydrogens is 240 g/mol. The summed E-state index contributed by atoms with van der Waals surface area (Å²) < 4.78 is 0. The van der Waals surface area contributed by atoms with E-state index in [9.17, 15) is 0 Å². The van der Waals surface area contributed by atoms with Gasteiger partial charge in [0, 0.05) is 23.7 Å². The van der Waals surface area contributed by atoms with E-state index < -0.39 is 0 Å². The van der Waals surface area contributed by atoms with E-state index in [0.29, 0.717) is 0 Å². The number of rotatable bonds is 5. The number of nitrogens with one attached hydrogen (secondary N) is 1. The highest BCUT2D eigenvalue weighted by Crippen LogP contribution is 2.15. The van der Waals surface area contributed by atoms with Gasteiger partial charge in [-0.15, -0.1) is 11.8 Å². The SMILES string of the molecule is CSc1ccc(CN[C@@H](C)c2ccccn2)cc1. The van der Waals surface area contributed by atoms with Crippen molar-refractivity contribution in [2.24, 2.45) is 0 Å². The lowest BCUT2D eigenvalue weighted by Crippen LogP contribution is -2.18. The third-order valence-corrected chi connectivity index (χ3v) is 3.65. The van der Waals surface area contributed by atoms with Crippen molar-refractivity contribution in [1.29, 1.82) is 0 Å². The number of thioether (sulfide) groups is 1. The van der Waals surface area contributed by atoms with Crippen LogP contribution in [0.25, 0.3) is 0 Å². The third kappa shape index (κ3) is 3.59. The zero-order chi connectivity index (χ0) is 12.8. The van der Waals surface area contributed by atoms with Gasteiger partial charge >= 0.3 is 0 Å². The van der Waals surface area contributed by atoms with Gasteiger partial charge in [-0.25, -0.2) is 0 Å². The molecule has 0 saturated heterocycles. The van der Waals surface area contributed by atoms with Crippen molar-refractivity contribution in [2.45, 2.75) is 24.4 Å². The summed E-state index contributed by atoms with van der Waals surface area (Å²) >= 11 is 1.77. The van der Waals surface area contributed by atoms with Crippen LogP contribution in [0.3, 0.4) is 0 Å². The number of hydrogen-bond donors (Lipinski definition) is 1. The van der Waals surface area contributed by atoms with Gasteiger partial charge in [-0.3, -0.25) is 4.98 Å². The molecule has 18 heavy (non-hydrogen) atoms. The van der Waals surface area contributed by atoms with Crippen LogP contribution in [-0.2, 0) is 6.54 Å². The van der Waals surface area contributed by atoms with Crippen molar-refractivity contribution in [2.75, 3.05) is 6.26 Å². The zero-order valence-electron chi connectivity index (χ0n) is 10.8. The molecule has 0 bridgehead atoms. The molecule has 0 saturated carbocycles. The number of aromatic nitrogens is 1. The van der Waals surface area contributed by atoms with Crippen LogP contribution in [0.4, 0.5) is 0 Å². The Morgan fingerprint density at radius 3 is 2.56 bits per heavy atom. The first-order valence-corrected chi connectivity index (χ1v) is 7.29. The first kappa shape index (κ1) is 13.1. The molecule has 2 rings (SSSR count). The van der Waals surface area contributed by atoms with Crippen LogP contribution < -0.4 is 5.32 Å². The third-order valence-electron chi connectivity index (χ3n) is 2.90. The molecule has 0 aliphatic carbocycles. The molecule has 0 aliphatic heterocycles. The lowest BCUT2D eigenvalue weighted by Gasteiger charge is -2.13. The Morgan fingerprint density at radius 1 is 1.17 bits per heavy atom. The summed E-state index contributed by atoms with van der Waals surface area (Å²) in [4.78, 5) is 5.65. The molecule has 3 heteroatoms. The van der Waals surface area contributed by atoms with Gasteiger partial charge in [0.15, 0.2) is 0 Å². The van der Waals surface area contributed by atoms with Crippen LogP contribution in [0, 0.1) is 0 Å². The zero-order valence-corrected chi connectivity index (χ0v) is 11.6. The van der Waals surface area contributed by atoms with E-state index in [0.717, 1.165) is 12.2 Å². The van der Waals surface area contributed by atoms with Crippen molar-refractivity contribution in [1.82, 2.24) is 10.3 Å². The summed E-state index contributed by atoms with van der Waals surface area (Å²) in [7, 11) is 0. The molecule has 0 amide bonds. The number of pyridine rings is 1. The fraction of sp³-hybridized carbons (Fsp3) is 0.267. The summed E-state index contributed by atoms with van der Waals surface area (Å²) in [6.45, 7) is 3.00. The highest BCUT2D eigenvalue weighted by molar-refractivity contribution is 7.98. The smallest absolute Gasteiger partial charge is 0.0570 e. The van der Waals surface area contributed by atoms with Gasteiger partial charge in [0.05, 0.1) is 5.69 Å². The average molecular weight is 258 g/mol. The summed E-state index contributed by atoms with van der Waals surface area (Å²) in [6, 6.07) is 14.9. The van der Waals surface area contributed by atoms with Gasteiger partial charge in [-0.05, 0) is 43.0 Å². The van der Waals surface area contributed by atoms with Crippen LogP contribution in [0.2, 0.25) is 0 Å². The van der Waals surface area contributed by atoms with Gasteiger partial charge in [-0.2, -0.15) is 0 Å². The minimum atomic E-state index is 0.270. The normalized spacial score (nSPS) is 12.3. The van der Waals surface area contributed by atoms with Crippen molar-refractivity contribution in [3.05, 3.63) is 59.9 Å². The Bertz CT molecular complexity index is 468. The fourth-order valence-corrected chi connectivity index (χ4v) is 2.16. The van der Waals surface area contributed by atoms with Gasteiger partial charge < -0.3 is 5.32 Å². The molecule has 2 aromatic rings. The molecule has 94 valence electrons. The van der Waals surface area contributed by atoms with Crippen LogP contribution in [0.1, 0.15) is 24.2 Å². The molecule has 1 heterocycles. The van der Waals surface area contributed by atoms with Crippen molar-refractivity contribution < 1.29 is 0 Å². The van der Waals surface area contributed by atoms with Gasteiger partial charge in [-0.1, -0.05) is 18.2 Å². The molecule has 0 unspecified atom stereocenters. The van der Waals surface area contributed by atoms with E-state index in [2.05, 4.69) is 53.8 Å². The van der Waals surface area contributed by atoms with Crippen LogP contribution in [0.15, 0.2) is 53.6 Å². The standard InChI is InChI=1S/C15H18N2S/c1-12(15-5-3-4-10-16-15)17-11-13-6-8-14(18-2)9-7-13/h3-10,12,17H,11H2,1-2H3/t12-/m0/s1. The molecule has 0 spiro atoms. The molecule has 2 nitrogen and oxygen atoms in total. The summed E-state index contributed by atoms with van der Waals surface area (Å²) in [5.41, 5.74) is 2.38. The second-order valence-corrected chi connectivity index (χ2v) is 5.08. The van der Waals surface area contributed by atoms with Crippen LogP contribution in [-0.4, -0.2) is 11.2 Å². The van der Waals surface area contributed by atoms with Gasteiger partial charge in [0.25, 0.3) is 0 Å². The molecular formula is C15H18N2S. The molecule has 0 fully saturated rings. The number of hydrogen-bond acceptors (Lipinski definition) is 3. The van der Waals surface area contributed by atoms with E-state index in [-0.39, 0.29) is 6.04 Å². The Kier molecular flexibility index (Phi) is 4.79. The second-order valence-electron chi connectivity index (χ2n) is 4.21. The lowest BCUT2D eigenvalue weighted by molar-refractivity contribution is 0.561. The Morgan fingerprint density at radius 2 is 1.94 bits per heavy atom. The van der Waals surface area contributed by atoms with Crippen molar-refractivity contribution >= 4 is 11.8 Å². The summed E-state index contributed by atoms with van der Waals surface area (Å²) in [5, 5.41) is 3.48. The predicted octanol–water partition coefficient (Wildman–Crippen LogP) is 3.65. The molecule has 1 aromatic carbocycles. The van der Waals surface area contributed by atoms with E-state index in [4.69, 9.17) is 0 Å². The first-order chi connectivity index (χ1) is 8.79.